The number of benzene rings is 3. The maximum Gasteiger partial charge on any atom is 0.344 e. The van der Waals surface area contributed by atoms with Crippen molar-refractivity contribution in [3.05, 3.63) is 94.0 Å². The average molecular weight is 587 g/mol. The number of ether oxygens (including phenoxy) is 1. The summed E-state index contributed by atoms with van der Waals surface area (Å²) in [7, 11) is -3.89. The Kier molecular flexibility index (Phi) is 9.73. The minimum Gasteiger partial charge on any atom is -0.423 e. The van der Waals surface area contributed by atoms with E-state index in [4.69, 9.17) is 4.74 Å². The van der Waals surface area contributed by atoms with Crippen molar-refractivity contribution >= 4 is 44.0 Å². The molecule has 0 heterocycles. The van der Waals surface area contributed by atoms with Gasteiger partial charge in [-0.15, -0.1) is 0 Å². The number of halogens is 1. The van der Waals surface area contributed by atoms with Gasteiger partial charge in [-0.3, -0.25) is 4.79 Å². The van der Waals surface area contributed by atoms with Crippen LogP contribution in [-0.2, 0) is 14.8 Å². The molecule has 10 heteroatoms. The minimum absolute atomic E-state index is 0.0622. The Morgan fingerprint density at radius 1 is 1.00 bits per heavy atom. The summed E-state index contributed by atoms with van der Waals surface area (Å²) >= 11 is 3.32. The van der Waals surface area contributed by atoms with Crippen molar-refractivity contribution in [3.63, 3.8) is 0 Å². The molecule has 0 aliphatic rings. The SMILES string of the molecule is Cc1ccc(S(=O)(=O)N[C@@H](CC(C)C)C(=O)N/N=C\c2ccc(OC(=O)c3ccccc3Br)cc2)cc1. The molecule has 0 saturated heterocycles. The summed E-state index contributed by atoms with van der Waals surface area (Å²) in [6.07, 6.45) is 1.71. The van der Waals surface area contributed by atoms with E-state index in [0.29, 0.717) is 27.8 Å². The molecule has 0 aliphatic carbocycles. The zero-order valence-electron chi connectivity index (χ0n) is 20.6. The van der Waals surface area contributed by atoms with Gasteiger partial charge in [0.15, 0.2) is 0 Å². The molecule has 0 spiro atoms. The zero-order valence-corrected chi connectivity index (χ0v) is 23.0. The zero-order chi connectivity index (χ0) is 27.0. The highest BCUT2D eigenvalue weighted by molar-refractivity contribution is 9.10. The van der Waals surface area contributed by atoms with Gasteiger partial charge in [0, 0.05) is 4.47 Å². The molecule has 37 heavy (non-hydrogen) atoms. The number of carbonyl (C=O) groups is 2. The molecule has 1 amide bonds. The summed E-state index contributed by atoms with van der Waals surface area (Å²) in [6.45, 7) is 5.66. The van der Waals surface area contributed by atoms with Crippen LogP contribution in [-0.4, -0.2) is 32.6 Å². The topological polar surface area (TPSA) is 114 Å². The Bertz CT molecular complexity index is 1370. The lowest BCUT2D eigenvalue weighted by atomic mass is 10.0. The van der Waals surface area contributed by atoms with Crippen molar-refractivity contribution in [1.82, 2.24) is 10.1 Å². The highest BCUT2D eigenvalue weighted by Crippen LogP contribution is 2.19. The van der Waals surface area contributed by atoms with Gasteiger partial charge in [0.25, 0.3) is 5.91 Å². The molecule has 0 fully saturated rings. The molecule has 3 aromatic carbocycles. The first kappa shape index (κ1) is 28.2. The predicted octanol–water partition coefficient (Wildman–Crippen LogP) is 4.82. The molecule has 3 rings (SSSR count). The Hall–Kier alpha value is -3.34. The third-order valence-electron chi connectivity index (χ3n) is 5.23. The van der Waals surface area contributed by atoms with Gasteiger partial charge in [-0.2, -0.15) is 9.82 Å². The third kappa shape index (κ3) is 8.34. The van der Waals surface area contributed by atoms with Crippen LogP contribution < -0.4 is 14.9 Å². The van der Waals surface area contributed by atoms with Crippen molar-refractivity contribution in [2.75, 3.05) is 0 Å². The van der Waals surface area contributed by atoms with E-state index in [1.165, 1.54) is 18.3 Å². The Balaban J connectivity index is 1.61. The lowest BCUT2D eigenvalue weighted by molar-refractivity contribution is -0.123. The highest BCUT2D eigenvalue weighted by atomic mass is 79.9. The van der Waals surface area contributed by atoms with E-state index >= 15 is 0 Å². The molecule has 2 N–H and O–H groups in total. The van der Waals surface area contributed by atoms with E-state index in [-0.39, 0.29) is 10.8 Å². The van der Waals surface area contributed by atoms with E-state index < -0.39 is 27.9 Å². The second-order valence-corrected chi connectivity index (χ2v) is 11.4. The van der Waals surface area contributed by atoms with Gasteiger partial charge in [-0.05, 0) is 89.3 Å². The van der Waals surface area contributed by atoms with Gasteiger partial charge < -0.3 is 4.74 Å². The van der Waals surface area contributed by atoms with Crippen molar-refractivity contribution < 1.29 is 22.7 Å². The monoisotopic (exact) mass is 585 g/mol. The third-order valence-corrected chi connectivity index (χ3v) is 7.40. The summed E-state index contributed by atoms with van der Waals surface area (Å²) in [5.74, 6) is -0.651. The number of nitrogens with zero attached hydrogens (tertiary/aromatic N) is 1. The van der Waals surface area contributed by atoms with Gasteiger partial charge in [0.05, 0.1) is 16.7 Å². The highest BCUT2D eigenvalue weighted by Gasteiger charge is 2.26. The molecule has 3 aromatic rings. The van der Waals surface area contributed by atoms with Crippen LogP contribution in [0.2, 0.25) is 0 Å². The van der Waals surface area contributed by atoms with Crippen LogP contribution in [0.15, 0.2) is 87.3 Å². The summed E-state index contributed by atoms with van der Waals surface area (Å²) in [5, 5.41) is 3.96. The first-order valence-corrected chi connectivity index (χ1v) is 13.8. The standard InChI is InChI=1S/C27H28BrN3O5S/c1-18(2)16-25(31-37(34,35)22-14-8-19(3)9-15-22)26(32)30-29-17-20-10-12-21(13-11-20)36-27(33)23-6-4-5-7-24(23)28/h4-15,17-18,25,31H,16H2,1-3H3,(H,30,32)/b29-17-/t25-/m0/s1. The largest absolute Gasteiger partial charge is 0.423 e. The Morgan fingerprint density at radius 3 is 2.27 bits per heavy atom. The van der Waals surface area contributed by atoms with Gasteiger partial charge in [-0.1, -0.05) is 43.7 Å². The van der Waals surface area contributed by atoms with Gasteiger partial charge in [-0.25, -0.2) is 18.6 Å². The maximum absolute atomic E-state index is 12.8. The number of nitrogens with one attached hydrogen (secondary N) is 2. The van der Waals surface area contributed by atoms with E-state index in [1.54, 1.807) is 60.7 Å². The average Bonchev–Trinajstić information content (AvgIpc) is 2.84. The lowest BCUT2D eigenvalue weighted by Crippen LogP contribution is -2.46. The fourth-order valence-corrected chi connectivity index (χ4v) is 4.97. The maximum atomic E-state index is 12.8. The number of aryl methyl sites for hydroxylation is 1. The molecule has 194 valence electrons. The summed E-state index contributed by atoms with van der Waals surface area (Å²) in [5.41, 5.74) is 4.39. The molecule has 0 aliphatic heterocycles. The van der Waals surface area contributed by atoms with Crippen molar-refractivity contribution in [2.24, 2.45) is 11.0 Å². The molecule has 1 atom stereocenters. The van der Waals surface area contributed by atoms with Crippen LogP contribution in [0.25, 0.3) is 0 Å². The fraction of sp³-hybridized carbons (Fsp3) is 0.222. The Morgan fingerprint density at radius 2 is 1.65 bits per heavy atom. The van der Waals surface area contributed by atoms with E-state index in [9.17, 15) is 18.0 Å². The molecular formula is C27H28BrN3O5S. The number of amides is 1. The van der Waals surface area contributed by atoms with E-state index in [1.807, 2.05) is 20.8 Å². The van der Waals surface area contributed by atoms with E-state index in [2.05, 4.69) is 31.2 Å². The second-order valence-electron chi connectivity index (χ2n) is 8.79. The van der Waals surface area contributed by atoms with Crippen molar-refractivity contribution in [3.8, 4) is 5.75 Å². The number of hydrogen-bond donors (Lipinski definition) is 2. The summed E-state index contributed by atoms with van der Waals surface area (Å²) in [6, 6.07) is 18.9. The molecule has 0 radical (unpaired) electrons. The number of esters is 1. The summed E-state index contributed by atoms with van der Waals surface area (Å²) < 4.78 is 34.1. The number of hydrogen-bond acceptors (Lipinski definition) is 6. The predicted molar refractivity (Wildman–Crippen MR) is 146 cm³/mol. The molecule has 0 saturated carbocycles. The molecular weight excluding hydrogens is 558 g/mol. The lowest BCUT2D eigenvalue weighted by Gasteiger charge is -2.19. The van der Waals surface area contributed by atoms with Crippen LogP contribution in [0.1, 0.15) is 41.8 Å². The van der Waals surface area contributed by atoms with E-state index in [0.717, 1.165) is 5.56 Å². The van der Waals surface area contributed by atoms with Gasteiger partial charge in [0.1, 0.15) is 11.8 Å². The first-order chi connectivity index (χ1) is 17.5. The van der Waals surface area contributed by atoms with Crippen LogP contribution in [0.5, 0.6) is 5.75 Å². The molecule has 0 aromatic heterocycles. The molecule has 0 bridgehead atoms. The van der Waals surface area contributed by atoms with Gasteiger partial charge >= 0.3 is 5.97 Å². The number of sulfonamides is 1. The molecule has 8 nitrogen and oxygen atoms in total. The number of carbonyl (C=O) groups excluding carboxylic acids is 2. The smallest absolute Gasteiger partial charge is 0.344 e. The normalized spacial score (nSPS) is 12.5. The summed E-state index contributed by atoms with van der Waals surface area (Å²) in [4.78, 5) is 25.2. The Labute approximate surface area is 225 Å². The fourth-order valence-electron chi connectivity index (χ4n) is 3.31. The van der Waals surface area contributed by atoms with Crippen LogP contribution in [0, 0.1) is 12.8 Å². The molecule has 0 unspecified atom stereocenters. The second kappa shape index (κ2) is 12.8. The number of hydrazone groups is 1. The van der Waals surface area contributed by atoms with Crippen LogP contribution >= 0.6 is 15.9 Å². The van der Waals surface area contributed by atoms with Crippen LogP contribution in [0.4, 0.5) is 0 Å². The van der Waals surface area contributed by atoms with Gasteiger partial charge in [0.2, 0.25) is 10.0 Å². The van der Waals surface area contributed by atoms with Crippen LogP contribution in [0.3, 0.4) is 0 Å². The van der Waals surface area contributed by atoms with Crippen molar-refractivity contribution in [2.45, 2.75) is 38.1 Å². The number of rotatable bonds is 10. The minimum atomic E-state index is -3.89. The first-order valence-electron chi connectivity index (χ1n) is 11.5. The van der Waals surface area contributed by atoms with Crippen molar-refractivity contribution in [1.29, 1.82) is 0 Å². The quantitative estimate of drug-likeness (QED) is 0.153.